The van der Waals surface area contributed by atoms with Gasteiger partial charge in [0.15, 0.2) is 0 Å². The van der Waals surface area contributed by atoms with Crippen molar-refractivity contribution in [2.75, 3.05) is 70.5 Å². The normalized spacial score (nSPS) is 25.2. The molecular formula is C19H29N5O4S. The van der Waals surface area contributed by atoms with Crippen LogP contribution >= 0.6 is 0 Å². The second kappa shape index (κ2) is 8.95. The largest absolute Gasteiger partial charge is 0.379 e. The average Bonchev–Trinajstić information content (AvgIpc) is 2.80. The van der Waals surface area contributed by atoms with E-state index < -0.39 is 10.2 Å². The first-order valence-corrected chi connectivity index (χ1v) is 11.7. The van der Waals surface area contributed by atoms with Crippen LogP contribution < -0.4 is 4.90 Å². The van der Waals surface area contributed by atoms with E-state index in [1.807, 2.05) is 23.1 Å². The summed E-state index contributed by atoms with van der Waals surface area (Å²) < 4.78 is 34.1. The molecule has 3 aliphatic heterocycles. The third kappa shape index (κ3) is 4.55. The summed E-state index contributed by atoms with van der Waals surface area (Å²) in [7, 11) is -3.53. The fourth-order valence-corrected chi connectivity index (χ4v) is 5.91. The van der Waals surface area contributed by atoms with Crippen molar-refractivity contribution in [2.24, 2.45) is 5.92 Å². The summed E-state index contributed by atoms with van der Waals surface area (Å²) in [6.07, 6.45) is 3.24. The topological polar surface area (TPSA) is 86.3 Å². The Labute approximate surface area is 172 Å². The van der Waals surface area contributed by atoms with Crippen LogP contribution in [-0.4, -0.2) is 98.4 Å². The molecule has 160 valence electrons. The minimum Gasteiger partial charge on any atom is -0.379 e. The number of piperazine rings is 1. The number of amides is 1. The highest BCUT2D eigenvalue weighted by molar-refractivity contribution is 7.86. The second-order valence-corrected chi connectivity index (χ2v) is 9.65. The lowest BCUT2D eigenvalue weighted by Gasteiger charge is -2.40. The first-order valence-electron chi connectivity index (χ1n) is 10.3. The number of carbonyl (C=O) groups is 1. The van der Waals surface area contributed by atoms with Gasteiger partial charge in [-0.2, -0.15) is 17.0 Å². The Morgan fingerprint density at radius 2 is 1.76 bits per heavy atom. The van der Waals surface area contributed by atoms with Gasteiger partial charge >= 0.3 is 0 Å². The Hall–Kier alpha value is -1.75. The molecule has 0 N–H and O–H groups in total. The molecular weight excluding hydrogens is 394 g/mol. The highest BCUT2D eigenvalue weighted by Crippen LogP contribution is 2.24. The summed E-state index contributed by atoms with van der Waals surface area (Å²) >= 11 is 0. The molecule has 3 saturated heterocycles. The van der Waals surface area contributed by atoms with Crippen molar-refractivity contribution in [1.82, 2.24) is 18.5 Å². The van der Waals surface area contributed by atoms with E-state index in [1.54, 1.807) is 6.20 Å². The zero-order chi connectivity index (χ0) is 20.3. The third-order valence-corrected chi connectivity index (χ3v) is 7.92. The SMILES string of the molecule is O=C(C1CCCN(S(=O)(=O)N2CCOCC2)C1)N1CCN(c2ccccn2)CC1. The number of carbonyl (C=O) groups excluding carboxylic acids is 1. The average molecular weight is 424 g/mol. The summed E-state index contributed by atoms with van der Waals surface area (Å²) in [5, 5.41) is 0. The Balaban J connectivity index is 1.34. The fraction of sp³-hybridized carbons (Fsp3) is 0.684. The van der Waals surface area contributed by atoms with Crippen LogP contribution in [0.25, 0.3) is 0 Å². The lowest BCUT2D eigenvalue weighted by molar-refractivity contribution is -0.137. The fourth-order valence-electron chi connectivity index (χ4n) is 4.25. The second-order valence-electron chi connectivity index (χ2n) is 7.72. The third-order valence-electron chi connectivity index (χ3n) is 5.92. The summed E-state index contributed by atoms with van der Waals surface area (Å²) in [6, 6.07) is 5.83. The van der Waals surface area contributed by atoms with Gasteiger partial charge in [0.05, 0.1) is 19.1 Å². The van der Waals surface area contributed by atoms with Crippen LogP contribution in [0.4, 0.5) is 5.82 Å². The van der Waals surface area contributed by atoms with Crippen LogP contribution in [0.1, 0.15) is 12.8 Å². The molecule has 1 unspecified atom stereocenters. The maximum Gasteiger partial charge on any atom is 0.282 e. The van der Waals surface area contributed by atoms with Gasteiger partial charge in [-0.15, -0.1) is 0 Å². The van der Waals surface area contributed by atoms with E-state index in [1.165, 1.54) is 8.61 Å². The number of rotatable bonds is 4. The molecule has 0 aromatic carbocycles. The number of anilines is 1. The molecule has 0 spiro atoms. The molecule has 9 nitrogen and oxygen atoms in total. The van der Waals surface area contributed by atoms with Gasteiger partial charge in [0, 0.05) is 58.6 Å². The molecule has 3 aliphatic rings. The number of hydrogen-bond donors (Lipinski definition) is 0. The lowest BCUT2D eigenvalue weighted by Crippen LogP contribution is -2.55. The summed E-state index contributed by atoms with van der Waals surface area (Å²) in [6.45, 7) is 5.14. The van der Waals surface area contributed by atoms with Gasteiger partial charge in [-0.3, -0.25) is 4.79 Å². The molecule has 3 fully saturated rings. The van der Waals surface area contributed by atoms with E-state index >= 15 is 0 Å². The number of piperidine rings is 1. The van der Waals surface area contributed by atoms with Gasteiger partial charge in [-0.05, 0) is 25.0 Å². The van der Waals surface area contributed by atoms with Crippen LogP contribution in [0.3, 0.4) is 0 Å². The number of nitrogens with zero attached hydrogens (tertiary/aromatic N) is 5. The molecule has 1 amide bonds. The van der Waals surface area contributed by atoms with Crippen molar-refractivity contribution in [3.8, 4) is 0 Å². The standard InChI is InChI=1S/C19H29N5O4S/c25-19(22-10-8-21(9-11-22)18-5-1-2-6-20-18)17-4-3-7-24(16-17)29(26,27)23-12-14-28-15-13-23/h1-2,5-6,17H,3-4,7-16H2. The van der Waals surface area contributed by atoms with Crippen LogP contribution in [0.5, 0.6) is 0 Å². The minimum absolute atomic E-state index is 0.0764. The van der Waals surface area contributed by atoms with E-state index in [-0.39, 0.29) is 18.4 Å². The maximum absolute atomic E-state index is 13.1. The Kier molecular flexibility index (Phi) is 6.33. The Morgan fingerprint density at radius 3 is 2.45 bits per heavy atom. The van der Waals surface area contributed by atoms with Crippen molar-refractivity contribution >= 4 is 21.9 Å². The first-order chi connectivity index (χ1) is 14.1. The molecule has 0 aliphatic carbocycles. The Morgan fingerprint density at radius 1 is 1.00 bits per heavy atom. The van der Waals surface area contributed by atoms with Gasteiger partial charge in [0.1, 0.15) is 5.82 Å². The molecule has 0 bridgehead atoms. The van der Waals surface area contributed by atoms with E-state index in [9.17, 15) is 13.2 Å². The van der Waals surface area contributed by atoms with Gasteiger partial charge in [-0.25, -0.2) is 4.98 Å². The number of ether oxygens (including phenoxy) is 1. The molecule has 1 atom stereocenters. The van der Waals surface area contributed by atoms with Crippen molar-refractivity contribution in [3.63, 3.8) is 0 Å². The van der Waals surface area contributed by atoms with Crippen molar-refractivity contribution < 1.29 is 17.9 Å². The van der Waals surface area contributed by atoms with E-state index in [0.29, 0.717) is 52.4 Å². The monoisotopic (exact) mass is 423 g/mol. The number of hydrogen-bond acceptors (Lipinski definition) is 6. The number of aromatic nitrogens is 1. The molecule has 0 radical (unpaired) electrons. The van der Waals surface area contributed by atoms with Gasteiger partial charge < -0.3 is 14.5 Å². The molecule has 0 saturated carbocycles. The van der Waals surface area contributed by atoms with Crippen molar-refractivity contribution in [3.05, 3.63) is 24.4 Å². The Bertz CT molecular complexity index is 792. The number of pyridine rings is 1. The van der Waals surface area contributed by atoms with Crippen LogP contribution in [0.15, 0.2) is 24.4 Å². The van der Waals surface area contributed by atoms with E-state index in [4.69, 9.17) is 4.74 Å². The van der Waals surface area contributed by atoms with Crippen LogP contribution in [-0.2, 0) is 19.7 Å². The lowest BCUT2D eigenvalue weighted by atomic mass is 9.98. The first kappa shape index (κ1) is 20.5. The van der Waals surface area contributed by atoms with Crippen molar-refractivity contribution in [1.29, 1.82) is 0 Å². The van der Waals surface area contributed by atoms with Crippen LogP contribution in [0, 0.1) is 5.92 Å². The zero-order valence-corrected chi connectivity index (χ0v) is 17.5. The van der Waals surface area contributed by atoms with Gasteiger partial charge in [0.25, 0.3) is 10.2 Å². The molecule has 10 heteroatoms. The summed E-state index contributed by atoms with van der Waals surface area (Å²) in [5.74, 6) is 0.744. The van der Waals surface area contributed by atoms with Crippen molar-refractivity contribution in [2.45, 2.75) is 12.8 Å². The molecule has 29 heavy (non-hydrogen) atoms. The smallest absolute Gasteiger partial charge is 0.282 e. The summed E-state index contributed by atoms with van der Waals surface area (Å²) in [4.78, 5) is 21.5. The van der Waals surface area contributed by atoms with Gasteiger partial charge in [0.2, 0.25) is 5.91 Å². The minimum atomic E-state index is -3.53. The molecule has 1 aromatic rings. The van der Waals surface area contributed by atoms with Gasteiger partial charge in [-0.1, -0.05) is 6.07 Å². The summed E-state index contributed by atoms with van der Waals surface area (Å²) in [5.41, 5.74) is 0. The van der Waals surface area contributed by atoms with E-state index in [2.05, 4.69) is 9.88 Å². The molecule has 4 heterocycles. The quantitative estimate of drug-likeness (QED) is 0.679. The number of morpholine rings is 1. The predicted octanol–water partition coefficient (Wildman–Crippen LogP) is 0.0192. The molecule has 1 aromatic heterocycles. The maximum atomic E-state index is 13.1. The predicted molar refractivity (Wildman–Crippen MR) is 109 cm³/mol. The zero-order valence-electron chi connectivity index (χ0n) is 16.6. The van der Waals surface area contributed by atoms with E-state index in [0.717, 1.165) is 25.3 Å². The van der Waals surface area contributed by atoms with Crippen LogP contribution in [0.2, 0.25) is 0 Å². The highest BCUT2D eigenvalue weighted by Gasteiger charge is 2.38. The molecule has 4 rings (SSSR count). The highest BCUT2D eigenvalue weighted by atomic mass is 32.2.